The predicted octanol–water partition coefficient (Wildman–Crippen LogP) is 5.80. The van der Waals surface area contributed by atoms with Crippen molar-refractivity contribution in [1.82, 2.24) is 15.2 Å². The summed E-state index contributed by atoms with van der Waals surface area (Å²) in [5, 5.41) is 14.2. The normalized spacial score (nSPS) is 24.2. The van der Waals surface area contributed by atoms with Crippen LogP contribution in [0.3, 0.4) is 0 Å². The quantitative estimate of drug-likeness (QED) is 0.497. The van der Waals surface area contributed by atoms with E-state index in [0.29, 0.717) is 47.1 Å². The van der Waals surface area contributed by atoms with Crippen LogP contribution in [0, 0.1) is 22.7 Å². The van der Waals surface area contributed by atoms with Gasteiger partial charge in [-0.05, 0) is 56.1 Å². The summed E-state index contributed by atoms with van der Waals surface area (Å²) in [5.41, 5.74) is 0.853. The number of halogens is 2. The van der Waals surface area contributed by atoms with Crippen molar-refractivity contribution < 1.29 is 14.4 Å². The fraction of sp³-hybridized carbons (Fsp3) is 0.571. The second kappa shape index (κ2) is 10.7. The maximum absolute atomic E-state index is 13.8. The molecule has 5 rings (SSSR count). The number of likely N-dealkylation sites (tertiary alicyclic amines) is 1. The molecule has 2 aliphatic carbocycles. The molecule has 1 aromatic heterocycles. The average molecular weight is 543 g/mol. The van der Waals surface area contributed by atoms with Crippen LogP contribution in [0.5, 0.6) is 0 Å². The van der Waals surface area contributed by atoms with E-state index in [4.69, 9.17) is 23.2 Å². The Labute approximate surface area is 226 Å². The number of aromatic amines is 1. The maximum atomic E-state index is 13.8. The van der Waals surface area contributed by atoms with E-state index in [1.165, 1.54) is 6.42 Å². The molecule has 0 radical (unpaired) electrons. The number of Topliss-reactive ketones (excluding diaryl/α,β-unsaturated/α-hetero) is 1. The largest absolute Gasteiger partial charge is 0.349 e. The lowest BCUT2D eigenvalue weighted by Gasteiger charge is -2.32. The van der Waals surface area contributed by atoms with Gasteiger partial charge in [-0.1, -0.05) is 55.0 Å². The molecule has 196 valence electrons. The molecule has 2 N–H and O–H groups in total. The van der Waals surface area contributed by atoms with Crippen LogP contribution in [0.15, 0.2) is 18.2 Å². The number of nitriles is 1. The van der Waals surface area contributed by atoms with Gasteiger partial charge in [-0.3, -0.25) is 14.4 Å². The smallest absolute Gasteiger partial charge is 0.271 e. The molecule has 1 aliphatic heterocycles. The molecule has 3 atom stereocenters. The number of carbonyl (C=O) groups is 3. The topological polar surface area (TPSA) is 106 Å². The van der Waals surface area contributed by atoms with Gasteiger partial charge < -0.3 is 15.2 Å². The van der Waals surface area contributed by atoms with E-state index >= 15 is 0 Å². The van der Waals surface area contributed by atoms with E-state index in [1.807, 2.05) is 0 Å². The Morgan fingerprint density at radius 1 is 1.19 bits per heavy atom. The van der Waals surface area contributed by atoms with Crippen molar-refractivity contribution in [2.24, 2.45) is 11.3 Å². The molecule has 3 unspecified atom stereocenters. The molecule has 1 spiro atoms. The number of aromatic nitrogens is 1. The van der Waals surface area contributed by atoms with Crippen molar-refractivity contribution in [2.45, 2.75) is 82.7 Å². The summed E-state index contributed by atoms with van der Waals surface area (Å²) in [5.74, 6) is -0.588. The maximum Gasteiger partial charge on any atom is 0.271 e. The molecule has 3 fully saturated rings. The summed E-state index contributed by atoms with van der Waals surface area (Å²) in [6, 6.07) is 5.99. The van der Waals surface area contributed by atoms with Gasteiger partial charge in [-0.2, -0.15) is 5.26 Å². The standard InChI is InChI=1S/C28H32Cl2N4O3/c29-20-9-8-18-13-21(33-25(18)24(20)30)27(37)34-16-28(10-4-1-5-11-28)14-22(34)26(36)32-19(15-31)12-17-6-2-3-7-23(17)35/h8-9,13,17,19,22,33H,1-7,10-12,14,16H2,(H,32,36). The minimum Gasteiger partial charge on any atom is -0.349 e. The zero-order chi connectivity index (χ0) is 26.2. The van der Waals surface area contributed by atoms with Gasteiger partial charge in [0.1, 0.15) is 23.6 Å². The minimum atomic E-state index is -0.756. The number of fused-ring (bicyclic) bond motifs is 1. The van der Waals surface area contributed by atoms with Crippen molar-refractivity contribution in [3.8, 4) is 6.07 Å². The van der Waals surface area contributed by atoms with Crippen molar-refractivity contribution >= 4 is 51.7 Å². The lowest BCUT2D eigenvalue weighted by Crippen LogP contribution is -2.49. The van der Waals surface area contributed by atoms with E-state index in [9.17, 15) is 19.6 Å². The van der Waals surface area contributed by atoms with Gasteiger partial charge in [0.25, 0.3) is 5.91 Å². The Bertz CT molecular complexity index is 1260. The number of rotatable bonds is 5. The van der Waals surface area contributed by atoms with E-state index < -0.39 is 12.1 Å². The highest BCUT2D eigenvalue weighted by atomic mass is 35.5. The molecule has 9 heteroatoms. The lowest BCUT2D eigenvalue weighted by atomic mass is 9.72. The lowest BCUT2D eigenvalue weighted by molar-refractivity contribution is -0.127. The summed E-state index contributed by atoms with van der Waals surface area (Å²) >= 11 is 12.5. The Balaban J connectivity index is 1.38. The number of hydrogen-bond acceptors (Lipinski definition) is 4. The highest BCUT2D eigenvalue weighted by molar-refractivity contribution is 6.45. The van der Waals surface area contributed by atoms with Crippen LogP contribution in [0.2, 0.25) is 10.0 Å². The Hall–Kier alpha value is -2.56. The number of amides is 2. The first-order valence-corrected chi connectivity index (χ1v) is 14.1. The average Bonchev–Trinajstić information content (AvgIpc) is 3.50. The van der Waals surface area contributed by atoms with Gasteiger partial charge >= 0.3 is 0 Å². The van der Waals surface area contributed by atoms with Crippen LogP contribution < -0.4 is 5.32 Å². The second-order valence-corrected chi connectivity index (χ2v) is 11.8. The molecule has 7 nitrogen and oxygen atoms in total. The summed E-state index contributed by atoms with van der Waals surface area (Å²) in [4.78, 5) is 44.5. The minimum absolute atomic E-state index is 0.0929. The number of nitrogens with zero attached hydrogens (tertiary/aromatic N) is 2. The third kappa shape index (κ3) is 5.24. The summed E-state index contributed by atoms with van der Waals surface area (Å²) in [6.07, 6.45) is 9.37. The molecule has 2 saturated carbocycles. The molecule has 3 aliphatic rings. The van der Waals surface area contributed by atoms with Gasteiger partial charge in [-0.25, -0.2) is 0 Å². The highest BCUT2D eigenvalue weighted by Gasteiger charge is 2.49. The van der Waals surface area contributed by atoms with Crippen LogP contribution in [0.25, 0.3) is 10.9 Å². The van der Waals surface area contributed by atoms with Crippen LogP contribution in [-0.4, -0.2) is 46.1 Å². The molecule has 2 amide bonds. The molecule has 2 aromatic rings. The Kier molecular flexibility index (Phi) is 7.51. The van der Waals surface area contributed by atoms with Crippen molar-refractivity contribution in [3.05, 3.63) is 33.9 Å². The van der Waals surface area contributed by atoms with Crippen LogP contribution in [0.1, 0.15) is 81.1 Å². The van der Waals surface area contributed by atoms with Crippen molar-refractivity contribution in [2.75, 3.05) is 6.54 Å². The predicted molar refractivity (Wildman–Crippen MR) is 142 cm³/mol. The summed E-state index contributed by atoms with van der Waals surface area (Å²) < 4.78 is 0. The number of ketones is 1. The summed E-state index contributed by atoms with van der Waals surface area (Å²) in [6.45, 7) is 0.506. The van der Waals surface area contributed by atoms with Gasteiger partial charge in [0.05, 0.1) is 21.6 Å². The van der Waals surface area contributed by atoms with Crippen molar-refractivity contribution in [3.63, 3.8) is 0 Å². The van der Waals surface area contributed by atoms with Crippen LogP contribution >= 0.6 is 23.2 Å². The van der Waals surface area contributed by atoms with Crippen molar-refractivity contribution in [1.29, 1.82) is 5.26 Å². The first-order chi connectivity index (χ1) is 17.8. The Morgan fingerprint density at radius 2 is 1.97 bits per heavy atom. The van der Waals surface area contributed by atoms with Crippen LogP contribution in [0.4, 0.5) is 0 Å². The Morgan fingerprint density at radius 3 is 2.70 bits per heavy atom. The number of hydrogen-bond donors (Lipinski definition) is 2. The molecule has 0 bridgehead atoms. The SMILES string of the molecule is N#CC(CC1CCCCC1=O)NC(=O)C1CC2(CCCCC2)CN1C(=O)c1cc2ccc(Cl)c(Cl)c2[nH]1. The first kappa shape index (κ1) is 26.1. The molecule has 37 heavy (non-hydrogen) atoms. The van der Waals surface area contributed by atoms with E-state index in [-0.39, 0.29) is 28.9 Å². The fourth-order valence-corrected chi connectivity index (χ4v) is 6.95. The van der Waals surface area contributed by atoms with E-state index in [0.717, 1.165) is 50.3 Å². The number of nitrogens with one attached hydrogen (secondary N) is 2. The number of carbonyl (C=O) groups excluding carboxylic acids is 3. The molecule has 1 aromatic carbocycles. The number of benzene rings is 1. The zero-order valence-corrected chi connectivity index (χ0v) is 22.3. The van der Waals surface area contributed by atoms with Gasteiger partial charge in [0, 0.05) is 24.3 Å². The molecule has 1 saturated heterocycles. The third-order valence-electron chi connectivity index (χ3n) is 8.58. The van der Waals surface area contributed by atoms with E-state index in [1.54, 1.807) is 23.1 Å². The van der Waals surface area contributed by atoms with Gasteiger partial charge in [-0.15, -0.1) is 0 Å². The zero-order valence-electron chi connectivity index (χ0n) is 20.8. The van der Waals surface area contributed by atoms with Gasteiger partial charge in [0.2, 0.25) is 5.91 Å². The molecular weight excluding hydrogens is 511 g/mol. The number of H-pyrrole nitrogens is 1. The summed E-state index contributed by atoms with van der Waals surface area (Å²) in [7, 11) is 0. The first-order valence-electron chi connectivity index (χ1n) is 13.3. The van der Waals surface area contributed by atoms with Gasteiger partial charge in [0.15, 0.2) is 0 Å². The van der Waals surface area contributed by atoms with E-state index in [2.05, 4.69) is 16.4 Å². The fourth-order valence-electron chi connectivity index (χ4n) is 6.58. The molecular formula is C28H32Cl2N4O3. The highest BCUT2D eigenvalue weighted by Crippen LogP contribution is 2.47. The third-order valence-corrected chi connectivity index (χ3v) is 9.38. The monoisotopic (exact) mass is 542 g/mol. The molecule has 2 heterocycles. The van der Waals surface area contributed by atoms with Crippen LogP contribution in [-0.2, 0) is 9.59 Å². The second-order valence-electron chi connectivity index (χ2n) is 11.1.